The molecule has 1 aliphatic rings. The van der Waals surface area contributed by atoms with Crippen molar-refractivity contribution in [2.75, 3.05) is 7.05 Å². The van der Waals surface area contributed by atoms with Gasteiger partial charge < -0.3 is 15.3 Å². The fraction of sp³-hybridized carbons (Fsp3) is 0.867. The summed E-state index contributed by atoms with van der Waals surface area (Å²) in [5.74, 6) is -0.960. The van der Waals surface area contributed by atoms with Crippen molar-refractivity contribution in [1.29, 1.82) is 0 Å². The Kier molecular flexibility index (Phi) is 5.84. The van der Waals surface area contributed by atoms with Crippen molar-refractivity contribution in [3.63, 3.8) is 0 Å². The van der Waals surface area contributed by atoms with Crippen LogP contribution in [-0.4, -0.2) is 41.1 Å². The van der Waals surface area contributed by atoms with Crippen LogP contribution >= 0.6 is 0 Å². The van der Waals surface area contributed by atoms with Crippen LogP contribution in [0.5, 0.6) is 0 Å². The monoisotopic (exact) mass is 284 g/mol. The zero-order valence-corrected chi connectivity index (χ0v) is 13.1. The Morgan fingerprint density at radius 2 is 1.90 bits per heavy atom. The van der Waals surface area contributed by atoms with E-state index in [2.05, 4.69) is 19.2 Å². The third kappa shape index (κ3) is 4.69. The topological polar surface area (TPSA) is 69.6 Å². The van der Waals surface area contributed by atoms with Gasteiger partial charge in [-0.15, -0.1) is 0 Å². The number of carboxylic acid groups (broad SMARTS) is 1. The third-order valence-corrected chi connectivity index (χ3v) is 4.35. The molecule has 1 fully saturated rings. The van der Waals surface area contributed by atoms with Crippen molar-refractivity contribution >= 4 is 12.0 Å². The van der Waals surface area contributed by atoms with E-state index in [-0.39, 0.29) is 12.1 Å². The average Bonchev–Trinajstić information content (AvgIpc) is 2.37. The zero-order valence-electron chi connectivity index (χ0n) is 13.1. The van der Waals surface area contributed by atoms with Crippen LogP contribution in [0.25, 0.3) is 0 Å². The zero-order chi connectivity index (χ0) is 15.3. The summed E-state index contributed by atoms with van der Waals surface area (Å²) in [5, 5.41) is 11.7. The van der Waals surface area contributed by atoms with Crippen LogP contribution in [0.1, 0.15) is 59.3 Å². The minimum absolute atomic E-state index is 0.221. The molecule has 1 saturated carbocycles. The highest BCUT2D eigenvalue weighted by molar-refractivity contribution is 5.82. The van der Waals surface area contributed by atoms with Crippen LogP contribution < -0.4 is 5.32 Å². The van der Waals surface area contributed by atoms with Gasteiger partial charge in [0.2, 0.25) is 0 Å². The molecule has 0 aromatic carbocycles. The lowest BCUT2D eigenvalue weighted by Crippen LogP contribution is -2.50. The molecule has 0 heterocycles. The van der Waals surface area contributed by atoms with Crippen LogP contribution in [0.2, 0.25) is 0 Å². The smallest absolute Gasteiger partial charge is 0.326 e. The van der Waals surface area contributed by atoms with E-state index in [9.17, 15) is 9.59 Å². The standard InChI is InChI=1S/C15H28N2O3/c1-5-6-12(13(18)19)16-14(20)17(4)11-7-9-15(2,3)10-8-11/h11-12H,5-10H2,1-4H3,(H,16,20)(H,18,19)/t12-/m0/s1. The summed E-state index contributed by atoms with van der Waals surface area (Å²) in [6, 6.07) is -0.829. The number of rotatable bonds is 5. The highest BCUT2D eigenvalue weighted by Gasteiger charge is 2.31. The summed E-state index contributed by atoms with van der Waals surface area (Å²) in [6.45, 7) is 6.42. The Morgan fingerprint density at radius 3 is 2.35 bits per heavy atom. The highest BCUT2D eigenvalue weighted by atomic mass is 16.4. The van der Waals surface area contributed by atoms with Gasteiger partial charge in [-0.2, -0.15) is 0 Å². The molecule has 0 spiro atoms. The summed E-state index contributed by atoms with van der Waals surface area (Å²) < 4.78 is 0. The number of carbonyl (C=O) groups excluding carboxylic acids is 1. The SMILES string of the molecule is CCC[C@H](NC(=O)N(C)C1CCC(C)(C)CC1)C(=O)O. The maximum atomic E-state index is 12.1. The van der Waals surface area contributed by atoms with Crippen molar-refractivity contribution in [3.05, 3.63) is 0 Å². The van der Waals surface area contributed by atoms with E-state index in [0.29, 0.717) is 11.8 Å². The first-order valence-electron chi connectivity index (χ1n) is 7.53. The lowest BCUT2D eigenvalue weighted by molar-refractivity contribution is -0.139. The summed E-state index contributed by atoms with van der Waals surface area (Å²) >= 11 is 0. The van der Waals surface area contributed by atoms with Crippen LogP contribution in [0, 0.1) is 5.41 Å². The molecular weight excluding hydrogens is 256 g/mol. The van der Waals surface area contributed by atoms with Gasteiger partial charge in [-0.1, -0.05) is 27.2 Å². The lowest BCUT2D eigenvalue weighted by atomic mass is 9.75. The first kappa shape index (κ1) is 16.8. The maximum Gasteiger partial charge on any atom is 0.326 e. The van der Waals surface area contributed by atoms with E-state index >= 15 is 0 Å². The van der Waals surface area contributed by atoms with E-state index in [0.717, 1.165) is 32.1 Å². The first-order valence-corrected chi connectivity index (χ1v) is 7.53. The first-order chi connectivity index (χ1) is 9.26. The Labute approximate surface area is 121 Å². The summed E-state index contributed by atoms with van der Waals surface area (Å²) in [6.07, 6.45) is 5.38. The van der Waals surface area contributed by atoms with Gasteiger partial charge in [-0.05, 0) is 37.5 Å². The highest BCUT2D eigenvalue weighted by Crippen LogP contribution is 2.36. The fourth-order valence-corrected chi connectivity index (χ4v) is 2.73. The molecule has 0 aliphatic heterocycles. The van der Waals surface area contributed by atoms with Gasteiger partial charge in [0.25, 0.3) is 0 Å². The molecule has 0 aromatic heterocycles. The van der Waals surface area contributed by atoms with Crippen LogP contribution in [0.15, 0.2) is 0 Å². The predicted molar refractivity (Wildman–Crippen MR) is 78.7 cm³/mol. The number of nitrogens with zero attached hydrogens (tertiary/aromatic N) is 1. The van der Waals surface area contributed by atoms with Gasteiger partial charge in [0, 0.05) is 13.1 Å². The molecule has 20 heavy (non-hydrogen) atoms. The van der Waals surface area contributed by atoms with Crippen molar-refractivity contribution in [1.82, 2.24) is 10.2 Å². The van der Waals surface area contributed by atoms with Gasteiger partial charge in [-0.25, -0.2) is 9.59 Å². The fourth-order valence-electron chi connectivity index (χ4n) is 2.73. The summed E-state index contributed by atoms with van der Waals surface area (Å²) in [7, 11) is 1.77. The number of carboxylic acids is 1. The van der Waals surface area contributed by atoms with Gasteiger partial charge in [-0.3, -0.25) is 0 Å². The van der Waals surface area contributed by atoms with Gasteiger partial charge in [0.05, 0.1) is 0 Å². The molecule has 0 saturated heterocycles. The Morgan fingerprint density at radius 1 is 1.35 bits per heavy atom. The molecule has 0 radical (unpaired) electrons. The van der Waals surface area contributed by atoms with Crippen molar-refractivity contribution in [2.45, 2.75) is 71.4 Å². The summed E-state index contributed by atoms with van der Waals surface area (Å²) in [5.41, 5.74) is 0.361. The number of amides is 2. The minimum Gasteiger partial charge on any atom is -0.480 e. The number of carbonyl (C=O) groups is 2. The normalized spacial score (nSPS) is 20.2. The second-order valence-corrected chi connectivity index (χ2v) is 6.64. The average molecular weight is 284 g/mol. The largest absolute Gasteiger partial charge is 0.480 e. The van der Waals surface area contributed by atoms with E-state index in [1.165, 1.54) is 0 Å². The van der Waals surface area contributed by atoms with Gasteiger partial charge in [0.1, 0.15) is 6.04 Å². The Hall–Kier alpha value is -1.26. The number of nitrogens with one attached hydrogen (secondary N) is 1. The van der Waals surface area contributed by atoms with Crippen molar-refractivity contribution < 1.29 is 14.7 Å². The number of hydrogen-bond donors (Lipinski definition) is 2. The van der Waals surface area contributed by atoms with Crippen LogP contribution in [-0.2, 0) is 4.79 Å². The van der Waals surface area contributed by atoms with Crippen LogP contribution in [0.3, 0.4) is 0 Å². The van der Waals surface area contributed by atoms with E-state index < -0.39 is 12.0 Å². The number of hydrogen-bond acceptors (Lipinski definition) is 2. The summed E-state index contributed by atoms with van der Waals surface area (Å²) in [4.78, 5) is 24.9. The molecular formula is C15H28N2O3. The van der Waals surface area contributed by atoms with E-state index in [4.69, 9.17) is 5.11 Å². The third-order valence-electron chi connectivity index (χ3n) is 4.35. The van der Waals surface area contributed by atoms with Gasteiger partial charge in [0.15, 0.2) is 0 Å². The quantitative estimate of drug-likeness (QED) is 0.815. The van der Waals surface area contributed by atoms with Gasteiger partial charge >= 0.3 is 12.0 Å². The van der Waals surface area contributed by atoms with E-state index in [1.807, 2.05) is 6.92 Å². The molecule has 1 atom stereocenters. The molecule has 0 aromatic rings. The number of aliphatic carboxylic acids is 1. The maximum absolute atomic E-state index is 12.1. The second-order valence-electron chi connectivity index (χ2n) is 6.64. The molecule has 0 bridgehead atoms. The second kappa shape index (κ2) is 6.95. The predicted octanol–water partition coefficient (Wildman–Crippen LogP) is 2.85. The molecule has 2 amide bonds. The van der Waals surface area contributed by atoms with E-state index in [1.54, 1.807) is 11.9 Å². The molecule has 5 heteroatoms. The van der Waals surface area contributed by atoms with Crippen molar-refractivity contribution in [3.8, 4) is 0 Å². The molecule has 1 aliphatic carbocycles. The number of urea groups is 1. The molecule has 116 valence electrons. The molecule has 0 unspecified atom stereocenters. The molecule has 5 nitrogen and oxygen atoms in total. The lowest BCUT2D eigenvalue weighted by Gasteiger charge is -2.38. The van der Waals surface area contributed by atoms with Crippen LogP contribution in [0.4, 0.5) is 4.79 Å². The Balaban J connectivity index is 2.52. The minimum atomic E-state index is -0.960. The molecule has 2 N–H and O–H groups in total. The molecule has 1 rings (SSSR count). The Bertz CT molecular complexity index is 345. The van der Waals surface area contributed by atoms with Crippen molar-refractivity contribution in [2.24, 2.45) is 5.41 Å².